The summed E-state index contributed by atoms with van der Waals surface area (Å²) in [4.78, 5) is 36.4. The molecule has 1 saturated heterocycles. The van der Waals surface area contributed by atoms with Gasteiger partial charge in [-0.25, -0.2) is 4.39 Å². The minimum absolute atomic E-state index is 0.0364. The van der Waals surface area contributed by atoms with E-state index in [0.29, 0.717) is 19.5 Å². The molecular formula is C19H17ClFN3O4. The molecule has 9 heteroatoms. The van der Waals surface area contributed by atoms with E-state index < -0.39 is 10.8 Å². The van der Waals surface area contributed by atoms with E-state index in [4.69, 9.17) is 11.6 Å². The van der Waals surface area contributed by atoms with E-state index in [0.717, 1.165) is 11.6 Å². The number of amides is 2. The molecule has 1 unspecified atom stereocenters. The third kappa shape index (κ3) is 4.64. The second-order valence-corrected chi connectivity index (χ2v) is 7.01. The lowest BCUT2D eigenvalue weighted by atomic mass is 10.1. The second-order valence-electron chi connectivity index (χ2n) is 6.60. The van der Waals surface area contributed by atoms with Gasteiger partial charge in [-0.1, -0.05) is 23.7 Å². The Morgan fingerprint density at radius 3 is 2.68 bits per heavy atom. The fraction of sp³-hybridized carbons (Fsp3) is 0.263. The smallest absolute Gasteiger partial charge is 0.288 e. The highest BCUT2D eigenvalue weighted by atomic mass is 35.5. The van der Waals surface area contributed by atoms with Gasteiger partial charge in [0.05, 0.1) is 4.92 Å². The van der Waals surface area contributed by atoms with E-state index in [1.807, 2.05) is 0 Å². The zero-order valence-electron chi connectivity index (χ0n) is 14.7. The molecule has 0 radical (unpaired) electrons. The number of carbonyl (C=O) groups excluding carboxylic acids is 2. The highest BCUT2D eigenvalue weighted by Gasteiger charge is 2.30. The average molecular weight is 406 g/mol. The molecule has 2 aromatic carbocycles. The number of nitrogens with one attached hydrogen (secondary N) is 1. The van der Waals surface area contributed by atoms with Crippen LogP contribution in [0.4, 0.5) is 10.1 Å². The van der Waals surface area contributed by atoms with Gasteiger partial charge in [-0.2, -0.15) is 0 Å². The Balaban J connectivity index is 1.56. The van der Waals surface area contributed by atoms with Crippen molar-refractivity contribution in [3.8, 4) is 0 Å². The van der Waals surface area contributed by atoms with E-state index >= 15 is 0 Å². The summed E-state index contributed by atoms with van der Waals surface area (Å²) in [5.41, 5.74) is 0.618. The highest BCUT2D eigenvalue weighted by Crippen LogP contribution is 2.25. The van der Waals surface area contributed by atoms with Gasteiger partial charge in [0.2, 0.25) is 5.91 Å². The first-order valence-electron chi connectivity index (χ1n) is 8.58. The molecule has 146 valence electrons. The molecule has 3 rings (SSSR count). The van der Waals surface area contributed by atoms with Gasteiger partial charge in [-0.05, 0) is 29.8 Å². The van der Waals surface area contributed by atoms with Gasteiger partial charge in [0, 0.05) is 43.6 Å². The first kappa shape index (κ1) is 19.8. The zero-order chi connectivity index (χ0) is 20.3. The van der Waals surface area contributed by atoms with Crippen molar-refractivity contribution in [2.45, 2.75) is 13.0 Å². The van der Waals surface area contributed by atoms with Crippen molar-refractivity contribution in [1.29, 1.82) is 0 Å². The van der Waals surface area contributed by atoms with Gasteiger partial charge in [-0.15, -0.1) is 0 Å². The monoisotopic (exact) mass is 405 g/mol. The Morgan fingerprint density at radius 2 is 2.00 bits per heavy atom. The molecule has 7 nitrogen and oxygen atoms in total. The molecular weight excluding hydrogens is 389 g/mol. The number of hydrogen-bond donors (Lipinski definition) is 1. The maximum Gasteiger partial charge on any atom is 0.288 e. The molecule has 1 N–H and O–H groups in total. The largest absolute Gasteiger partial charge is 0.352 e. The maximum absolute atomic E-state index is 13.0. The summed E-state index contributed by atoms with van der Waals surface area (Å²) in [6, 6.07) is 9.79. The first-order chi connectivity index (χ1) is 13.3. The van der Waals surface area contributed by atoms with E-state index in [-0.39, 0.29) is 40.5 Å². The van der Waals surface area contributed by atoms with E-state index in [2.05, 4.69) is 5.32 Å². The van der Waals surface area contributed by atoms with Crippen LogP contribution in [0.5, 0.6) is 0 Å². The van der Waals surface area contributed by atoms with Crippen LogP contribution in [0.25, 0.3) is 0 Å². The van der Waals surface area contributed by atoms with Crippen LogP contribution in [-0.2, 0) is 11.3 Å². The number of nitro groups is 1. The Bertz CT molecular complexity index is 920. The molecule has 2 aromatic rings. The van der Waals surface area contributed by atoms with E-state index in [9.17, 15) is 24.1 Å². The predicted octanol–water partition coefficient (Wildman–Crippen LogP) is 3.17. The molecule has 1 heterocycles. The van der Waals surface area contributed by atoms with Crippen molar-refractivity contribution in [2.24, 2.45) is 5.92 Å². The summed E-state index contributed by atoms with van der Waals surface area (Å²) in [7, 11) is 0. The van der Waals surface area contributed by atoms with E-state index in [1.54, 1.807) is 17.0 Å². The van der Waals surface area contributed by atoms with Crippen molar-refractivity contribution in [3.63, 3.8) is 0 Å². The third-order valence-electron chi connectivity index (χ3n) is 4.54. The Hall–Kier alpha value is -3.00. The third-order valence-corrected chi connectivity index (χ3v) is 4.86. The molecule has 2 amide bonds. The number of halogens is 2. The lowest BCUT2D eigenvalue weighted by Crippen LogP contribution is -2.31. The van der Waals surface area contributed by atoms with Gasteiger partial charge >= 0.3 is 0 Å². The Kier molecular flexibility index (Phi) is 5.89. The van der Waals surface area contributed by atoms with Crippen LogP contribution in [-0.4, -0.2) is 34.7 Å². The van der Waals surface area contributed by atoms with Gasteiger partial charge in [0.15, 0.2) is 0 Å². The number of hydrogen-bond acceptors (Lipinski definition) is 4. The van der Waals surface area contributed by atoms with Crippen LogP contribution in [0, 0.1) is 21.8 Å². The number of carbonyl (C=O) groups is 2. The van der Waals surface area contributed by atoms with Gasteiger partial charge in [-0.3, -0.25) is 19.7 Å². The topological polar surface area (TPSA) is 92.6 Å². The van der Waals surface area contributed by atoms with Crippen LogP contribution in [0.2, 0.25) is 5.02 Å². The maximum atomic E-state index is 13.0. The lowest BCUT2D eigenvalue weighted by Gasteiger charge is -2.17. The Labute approximate surface area is 165 Å². The summed E-state index contributed by atoms with van der Waals surface area (Å²) >= 11 is 5.75. The molecule has 1 aliphatic rings. The zero-order valence-corrected chi connectivity index (χ0v) is 15.5. The fourth-order valence-electron chi connectivity index (χ4n) is 3.09. The van der Waals surface area contributed by atoms with Crippen LogP contribution in [0.15, 0.2) is 42.5 Å². The van der Waals surface area contributed by atoms with E-state index in [1.165, 1.54) is 24.3 Å². The van der Waals surface area contributed by atoms with Crippen molar-refractivity contribution < 1.29 is 18.9 Å². The van der Waals surface area contributed by atoms with Crippen molar-refractivity contribution in [3.05, 3.63) is 74.5 Å². The molecule has 1 aliphatic heterocycles. The molecule has 0 bridgehead atoms. The normalized spacial score (nSPS) is 16.3. The molecule has 0 saturated carbocycles. The number of nitrogens with zero attached hydrogens (tertiary/aromatic N) is 2. The molecule has 0 aliphatic carbocycles. The molecule has 0 aromatic heterocycles. The predicted molar refractivity (Wildman–Crippen MR) is 100 cm³/mol. The highest BCUT2D eigenvalue weighted by molar-refractivity contribution is 6.32. The quantitative estimate of drug-likeness (QED) is 0.590. The summed E-state index contributed by atoms with van der Waals surface area (Å²) in [6.07, 6.45) is 0.294. The number of nitro benzene ring substituents is 1. The minimum atomic E-state index is -0.651. The van der Waals surface area contributed by atoms with Crippen molar-refractivity contribution in [1.82, 2.24) is 10.2 Å². The molecule has 1 atom stereocenters. The SMILES string of the molecule is O=C(NCC1CC(=O)N(Cc2ccc(F)cc2)C1)c1ccc(Cl)c([N+](=O)[O-])c1. The van der Waals surface area contributed by atoms with Crippen molar-refractivity contribution >= 4 is 29.1 Å². The Morgan fingerprint density at radius 1 is 1.29 bits per heavy atom. The van der Waals surface area contributed by atoms with Gasteiger partial charge in [0.1, 0.15) is 10.8 Å². The number of benzene rings is 2. The minimum Gasteiger partial charge on any atom is -0.352 e. The summed E-state index contributed by atoms with van der Waals surface area (Å²) in [5.74, 6) is -0.909. The summed E-state index contributed by atoms with van der Waals surface area (Å²) in [5, 5.41) is 13.6. The first-order valence-corrected chi connectivity index (χ1v) is 8.95. The lowest BCUT2D eigenvalue weighted by molar-refractivity contribution is -0.384. The fourth-order valence-corrected chi connectivity index (χ4v) is 3.27. The van der Waals surface area contributed by atoms with Crippen molar-refractivity contribution in [2.75, 3.05) is 13.1 Å². The van der Waals surface area contributed by atoms with Crippen LogP contribution >= 0.6 is 11.6 Å². The summed E-state index contributed by atoms with van der Waals surface area (Å²) in [6.45, 7) is 1.12. The molecule has 28 heavy (non-hydrogen) atoms. The summed E-state index contributed by atoms with van der Waals surface area (Å²) < 4.78 is 13.0. The van der Waals surface area contributed by atoms with Crippen LogP contribution in [0.1, 0.15) is 22.3 Å². The van der Waals surface area contributed by atoms with Crippen LogP contribution < -0.4 is 5.32 Å². The number of likely N-dealkylation sites (tertiary alicyclic amines) is 1. The average Bonchev–Trinajstić information content (AvgIpc) is 3.01. The van der Waals surface area contributed by atoms with Crippen LogP contribution in [0.3, 0.4) is 0 Å². The molecule has 0 spiro atoms. The second kappa shape index (κ2) is 8.35. The number of rotatable bonds is 6. The van der Waals surface area contributed by atoms with Gasteiger partial charge in [0.25, 0.3) is 11.6 Å². The standard InChI is InChI=1S/C19H17ClFN3O4/c20-16-6-3-14(8-17(16)24(27)28)19(26)22-9-13-7-18(25)23(11-13)10-12-1-4-15(21)5-2-12/h1-6,8,13H,7,9-11H2,(H,22,26). The van der Waals surface area contributed by atoms with Gasteiger partial charge < -0.3 is 10.2 Å². The molecule has 1 fully saturated rings.